The number of rotatable bonds is 76. The lowest BCUT2D eigenvalue weighted by atomic mass is 9.99. The van der Waals surface area contributed by atoms with Crippen molar-refractivity contribution in [3.63, 3.8) is 0 Å². The summed E-state index contributed by atoms with van der Waals surface area (Å²) in [6.07, 6.45) is 57.1. The van der Waals surface area contributed by atoms with Gasteiger partial charge in [-0.2, -0.15) is 0 Å². The van der Waals surface area contributed by atoms with Gasteiger partial charge in [-0.3, -0.25) is 37.3 Å². The molecule has 0 aromatic heterocycles. The molecule has 0 fully saturated rings. The zero-order chi connectivity index (χ0) is 70.7. The first-order valence-electron chi connectivity index (χ1n) is 40.0. The highest BCUT2D eigenvalue weighted by molar-refractivity contribution is 7.47. The average molecular weight is 1410 g/mol. The number of phosphoric acid groups is 2. The number of ether oxygens (including phenoxy) is 4. The van der Waals surface area contributed by atoms with E-state index in [4.69, 9.17) is 37.0 Å². The van der Waals surface area contributed by atoms with Crippen LogP contribution in [0, 0.1) is 11.8 Å². The smallest absolute Gasteiger partial charge is 0.462 e. The summed E-state index contributed by atoms with van der Waals surface area (Å²) in [5.41, 5.74) is 0. The molecule has 0 aliphatic heterocycles. The third-order valence-electron chi connectivity index (χ3n) is 18.3. The van der Waals surface area contributed by atoms with Crippen LogP contribution in [0.1, 0.15) is 401 Å². The Morgan fingerprint density at radius 1 is 0.302 bits per heavy atom. The molecule has 17 nitrogen and oxygen atoms in total. The summed E-state index contributed by atoms with van der Waals surface area (Å²) in [5.74, 6) is -0.559. The van der Waals surface area contributed by atoms with Gasteiger partial charge in [-0.25, -0.2) is 9.13 Å². The largest absolute Gasteiger partial charge is 0.472 e. The number of hydrogen-bond donors (Lipinski definition) is 3. The average Bonchev–Trinajstić information content (AvgIpc) is 2.26. The molecule has 3 unspecified atom stereocenters. The highest BCUT2D eigenvalue weighted by atomic mass is 31.2. The van der Waals surface area contributed by atoms with Gasteiger partial charge in [0.15, 0.2) is 12.2 Å². The second-order valence-corrected chi connectivity index (χ2v) is 31.4. The van der Waals surface area contributed by atoms with Crippen molar-refractivity contribution in [2.24, 2.45) is 11.8 Å². The van der Waals surface area contributed by atoms with Gasteiger partial charge in [-0.1, -0.05) is 350 Å². The maximum Gasteiger partial charge on any atom is 0.472 e. The van der Waals surface area contributed by atoms with Crippen molar-refractivity contribution in [2.45, 2.75) is 419 Å². The van der Waals surface area contributed by atoms with Gasteiger partial charge in [0.1, 0.15) is 19.3 Å². The van der Waals surface area contributed by atoms with Gasteiger partial charge in [-0.05, 0) is 37.5 Å². The molecule has 19 heteroatoms. The normalized spacial score (nSPS) is 14.3. The number of carbonyl (C=O) groups excluding carboxylic acids is 4. The third kappa shape index (κ3) is 69.2. The molecule has 6 atom stereocenters. The van der Waals surface area contributed by atoms with Crippen molar-refractivity contribution in [1.82, 2.24) is 0 Å². The van der Waals surface area contributed by atoms with Gasteiger partial charge in [-0.15, -0.1) is 0 Å². The quantitative estimate of drug-likeness (QED) is 0.0222. The Labute approximate surface area is 588 Å². The fourth-order valence-electron chi connectivity index (χ4n) is 11.8. The molecule has 0 saturated heterocycles. The number of esters is 4. The van der Waals surface area contributed by atoms with Crippen molar-refractivity contribution in [3.8, 4) is 0 Å². The van der Waals surface area contributed by atoms with Gasteiger partial charge in [0.05, 0.1) is 26.4 Å². The predicted molar refractivity (Wildman–Crippen MR) is 391 cm³/mol. The van der Waals surface area contributed by atoms with E-state index in [0.717, 1.165) is 115 Å². The van der Waals surface area contributed by atoms with Crippen LogP contribution in [0.4, 0.5) is 0 Å². The van der Waals surface area contributed by atoms with Crippen LogP contribution in [-0.4, -0.2) is 96.7 Å². The van der Waals surface area contributed by atoms with E-state index in [0.29, 0.717) is 25.7 Å². The molecule has 0 rings (SSSR count). The lowest BCUT2D eigenvalue weighted by molar-refractivity contribution is -0.161. The second kappa shape index (κ2) is 68.8. The van der Waals surface area contributed by atoms with E-state index in [1.807, 2.05) is 0 Å². The maximum absolute atomic E-state index is 13.1. The molecule has 0 heterocycles. The number of hydrogen-bond acceptors (Lipinski definition) is 15. The predicted octanol–water partition coefficient (Wildman–Crippen LogP) is 22.7. The SMILES string of the molecule is CCCCCCCCCCCCCCCCCCCCCCCCC(=O)O[C@H](COC(=O)CCCCCCCCCCCCC(C)CC)COP(=O)(O)OC[C@@H](O)COP(=O)(O)OC[C@@H](COC(=O)CCCCCCCCC)OC(=O)CCCCCCCCCCCCC(C)C. The van der Waals surface area contributed by atoms with E-state index in [9.17, 15) is 43.2 Å². The highest BCUT2D eigenvalue weighted by Gasteiger charge is 2.30. The van der Waals surface area contributed by atoms with Gasteiger partial charge in [0.25, 0.3) is 0 Å². The molecular formula is C77H150O17P2. The van der Waals surface area contributed by atoms with Crippen LogP contribution in [-0.2, 0) is 65.4 Å². The Hall–Kier alpha value is -1.94. The highest BCUT2D eigenvalue weighted by Crippen LogP contribution is 2.45. The van der Waals surface area contributed by atoms with E-state index in [1.165, 1.54) is 205 Å². The number of carbonyl (C=O) groups is 4. The van der Waals surface area contributed by atoms with Crippen LogP contribution in [0.25, 0.3) is 0 Å². The fraction of sp³-hybridized carbons (Fsp3) is 0.948. The molecule has 0 spiro atoms. The Balaban J connectivity index is 5.16. The molecule has 3 N–H and O–H groups in total. The molecule has 0 aromatic carbocycles. The second-order valence-electron chi connectivity index (χ2n) is 28.5. The summed E-state index contributed by atoms with van der Waals surface area (Å²) in [6, 6.07) is 0. The van der Waals surface area contributed by atoms with Gasteiger partial charge < -0.3 is 33.8 Å². The molecule has 0 aromatic rings. The van der Waals surface area contributed by atoms with Crippen molar-refractivity contribution < 1.29 is 80.2 Å². The minimum Gasteiger partial charge on any atom is -0.462 e. The summed E-state index contributed by atoms with van der Waals surface area (Å²) in [6.45, 7) is 9.57. The molecule has 0 bridgehead atoms. The topological polar surface area (TPSA) is 237 Å². The monoisotopic (exact) mass is 1410 g/mol. The zero-order valence-electron chi connectivity index (χ0n) is 62.7. The van der Waals surface area contributed by atoms with Gasteiger partial charge >= 0.3 is 39.5 Å². The minimum absolute atomic E-state index is 0.106. The molecule has 570 valence electrons. The standard InChI is InChI=1S/C77H150O17P2/c1-7-10-12-14-16-17-18-19-20-21-22-23-24-25-26-27-28-29-37-43-49-55-61-76(81)94-73(66-88-75(80)60-54-48-42-36-33-31-35-41-46-52-58-70(6)9-3)68-92-96(85,86)90-64-71(78)63-89-95(83,84)91-67-72(65-87-74(79)59-53-47-39-15-13-11-8-2)93-77(82)62-56-50-44-38-32-30-34-40-45-51-57-69(4)5/h69-73,78H,7-68H2,1-6H3,(H,83,84)(H,85,86)/t70?,71-,72+,73+/m0/s1. The van der Waals surface area contributed by atoms with Crippen molar-refractivity contribution in [2.75, 3.05) is 39.6 Å². The Bertz CT molecular complexity index is 1860. The van der Waals surface area contributed by atoms with Crippen molar-refractivity contribution in [1.29, 1.82) is 0 Å². The molecular weight excluding hydrogens is 1260 g/mol. The van der Waals surface area contributed by atoms with Crippen LogP contribution in [0.2, 0.25) is 0 Å². The van der Waals surface area contributed by atoms with Crippen LogP contribution in [0.5, 0.6) is 0 Å². The van der Waals surface area contributed by atoms with Crippen molar-refractivity contribution in [3.05, 3.63) is 0 Å². The number of aliphatic hydroxyl groups is 1. The maximum atomic E-state index is 13.1. The first kappa shape index (κ1) is 94.1. The van der Waals surface area contributed by atoms with E-state index in [2.05, 4.69) is 41.5 Å². The minimum atomic E-state index is -4.96. The van der Waals surface area contributed by atoms with Crippen molar-refractivity contribution >= 4 is 39.5 Å². The summed E-state index contributed by atoms with van der Waals surface area (Å²) in [5, 5.41) is 10.6. The summed E-state index contributed by atoms with van der Waals surface area (Å²) in [4.78, 5) is 72.7. The Morgan fingerprint density at radius 2 is 0.531 bits per heavy atom. The van der Waals surface area contributed by atoms with Gasteiger partial charge in [0.2, 0.25) is 0 Å². The Kier molecular flexibility index (Phi) is 67.4. The van der Waals surface area contributed by atoms with E-state index in [1.54, 1.807) is 0 Å². The van der Waals surface area contributed by atoms with E-state index in [-0.39, 0.29) is 25.7 Å². The van der Waals surface area contributed by atoms with E-state index >= 15 is 0 Å². The first-order chi connectivity index (χ1) is 46.4. The molecule has 0 radical (unpaired) electrons. The molecule has 0 aliphatic rings. The summed E-state index contributed by atoms with van der Waals surface area (Å²) < 4.78 is 68.4. The number of phosphoric ester groups is 2. The van der Waals surface area contributed by atoms with Crippen LogP contribution in [0.3, 0.4) is 0 Å². The fourth-order valence-corrected chi connectivity index (χ4v) is 13.4. The molecule has 0 saturated carbocycles. The molecule has 0 amide bonds. The Morgan fingerprint density at radius 3 is 0.792 bits per heavy atom. The first-order valence-corrected chi connectivity index (χ1v) is 43.0. The summed E-state index contributed by atoms with van der Waals surface area (Å²) >= 11 is 0. The molecule has 0 aliphatic carbocycles. The van der Waals surface area contributed by atoms with Crippen LogP contribution < -0.4 is 0 Å². The van der Waals surface area contributed by atoms with E-state index < -0.39 is 97.5 Å². The third-order valence-corrected chi connectivity index (χ3v) is 20.2. The van der Waals surface area contributed by atoms with Crippen LogP contribution in [0.15, 0.2) is 0 Å². The molecule has 96 heavy (non-hydrogen) atoms. The number of unbranched alkanes of at least 4 members (excludes halogenated alkanes) is 45. The summed E-state index contributed by atoms with van der Waals surface area (Å²) in [7, 11) is -9.91. The zero-order valence-corrected chi connectivity index (χ0v) is 64.5. The number of aliphatic hydroxyl groups excluding tert-OH is 1. The van der Waals surface area contributed by atoms with Crippen LogP contribution >= 0.6 is 15.6 Å². The van der Waals surface area contributed by atoms with Gasteiger partial charge in [0, 0.05) is 25.7 Å². The lowest BCUT2D eigenvalue weighted by Gasteiger charge is -2.21. The lowest BCUT2D eigenvalue weighted by Crippen LogP contribution is -2.30.